The summed E-state index contributed by atoms with van der Waals surface area (Å²) in [7, 11) is 0. The van der Waals surface area contributed by atoms with Crippen LogP contribution in [0.5, 0.6) is 5.75 Å². The SMILES string of the molecule is Cc1ccccc1NC(=O)c1cc2cc3ccccc3cc2cc1[O-].[Na+]. The van der Waals surface area contributed by atoms with Crippen LogP contribution >= 0.6 is 0 Å². The van der Waals surface area contributed by atoms with Gasteiger partial charge in [-0.05, 0) is 58.3 Å². The van der Waals surface area contributed by atoms with Crippen LogP contribution in [0.4, 0.5) is 5.69 Å². The van der Waals surface area contributed by atoms with Gasteiger partial charge in [0, 0.05) is 11.3 Å². The van der Waals surface area contributed by atoms with Gasteiger partial charge in [0.05, 0.1) is 0 Å². The van der Waals surface area contributed by atoms with Gasteiger partial charge in [0.15, 0.2) is 0 Å². The van der Waals surface area contributed by atoms with E-state index in [4.69, 9.17) is 0 Å². The van der Waals surface area contributed by atoms with Gasteiger partial charge in [-0.2, -0.15) is 0 Å². The second kappa shape index (κ2) is 7.50. The Balaban J connectivity index is 0.00000196. The molecular formula is C22H16NNaO2. The molecule has 4 rings (SSSR count). The predicted molar refractivity (Wildman–Crippen MR) is 100 cm³/mol. The molecule has 0 spiro atoms. The summed E-state index contributed by atoms with van der Waals surface area (Å²) >= 11 is 0. The van der Waals surface area contributed by atoms with E-state index in [2.05, 4.69) is 5.32 Å². The van der Waals surface area contributed by atoms with Gasteiger partial charge < -0.3 is 10.4 Å². The van der Waals surface area contributed by atoms with Crippen LogP contribution in [0, 0.1) is 6.92 Å². The van der Waals surface area contributed by atoms with Crippen LogP contribution in [0.15, 0.2) is 72.8 Å². The quantitative estimate of drug-likeness (QED) is 0.442. The third kappa shape index (κ3) is 3.47. The van der Waals surface area contributed by atoms with E-state index in [-0.39, 0.29) is 46.8 Å². The molecule has 1 amide bonds. The average molecular weight is 349 g/mol. The number of carbonyl (C=O) groups excluding carboxylic acids is 1. The number of aryl methyl sites for hydroxylation is 1. The van der Waals surface area contributed by atoms with Crippen molar-refractivity contribution in [2.45, 2.75) is 6.92 Å². The minimum atomic E-state index is -0.380. The summed E-state index contributed by atoms with van der Waals surface area (Å²) in [6.45, 7) is 1.92. The molecule has 4 aromatic rings. The normalized spacial score (nSPS) is 10.5. The molecule has 26 heavy (non-hydrogen) atoms. The number of fused-ring (bicyclic) bond motifs is 2. The zero-order valence-corrected chi connectivity index (χ0v) is 16.7. The number of hydrogen-bond donors (Lipinski definition) is 1. The first-order valence-electron chi connectivity index (χ1n) is 8.12. The maximum absolute atomic E-state index is 12.6. The van der Waals surface area contributed by atoms with Gasteiger partial charge in [0.1, 0.15) is 0 Å². The second-order valence-electron chi connectivity index (χ2n) is 6.16. The van der Waals surface area contributed by atoms with E-state index >= 15 is 0 Å². The Morgan fingerprint density at radius 1 is 0.808 bits per heavy atom. The van der Waals surface area contributed by atoms with Crippen LogP contribution in [-0.2, 0) is 0 Å². The molecule has 0 saturated heterocycles. The molecule has 4 aromatic carbocycles. The second-order valence-corrected chi connectivity index (χ2v) is 6.16. The van der Waals surface area contributed by atoms with Gasteiger partial charge in [-0.25, -0.2) is 0 Å². The molecule has 1 N–H and O–H groups in total. The monoisotopic (exact) mass is 349 g/mol. The van der Waals surface area contributed by atoms with Crippen LogP contribution in [0.2, 0.25) is 0 Å². The fourth-order valence-corrected chi connectivity index (χ4v) is 3.05. The fourth-order valence-electron chi connectivity index (χ4n) is 3.05. The van der Waals surface area contributed by atoms with Crippen LogP contribution in [0.3, 0.4) is 0 Å². The van der Waals surface area contributed by atoms with Crippen molar-refractivity contribution >= 4 is 33.1 Å². The molecule has 0 aliphatic heterocycles. The van der Waals surface area contributed by atoms with Crippen molar-refractivity contribution in [2.75, 3.05) is 5.32 Å². The van der Waals surface area contributed by atoms with Crippen molar-refractivity contribution in [1.29, 1.82) is 0 Å². The van der Waals surface area contributed by atoms with E-state index in [1.165, 1.54) is 6.07 Å². The molecule has 0 saturated carbocycles. The molecule has 0 radical (unpaired) electrons. The topological polar surface area (TPSA) is 52.2 Å². The number of nitrogens with one attached hydrogen (secondary N) is 1. The Bertz CT molecular complexity index is 1120. The molecule has 0 aliphatic carbocycles. The van der Waals surface area contributed by atoms with E-state index in [1.807, 2.05) is 67.6 Å². The maximum atomic E-state index is 12.6. The number of rotatable bonds is 2. The van der Waals surface area contributed by atoms with Crippen LogP contribution in [0.25, 0.3) is 21.5 Å². The van der Waals surface area contributed by atoms with Crippen molar-refractivity contribution in [1.82, 2.24) is 0 Å². The van der Waals surface area contributed by atoms with E-state index in [0.717, 1.165) is 27.1 Å². The molecular weight excluding hydrogens is 333 g/mol. The summed E-state index contributed by atoms with van der Waals surface area (Å²) < 4.78 is 0. The minimum absolute atomic E-state index is 0. The number of hydrogen-bond acceptors (Lipinski definition) is 2. The number of anilines is 1. The van der Waals surface area contributed by atoms with Crippen molar-refractivity contribution in [2.24, 2.45) is 0 Å². The first-order chi connectivity index (χ1) is 12.1. The number of carbonyl (C=O) groups is 1. The molecule has 0 heterocycles. The van der Waals surface area contributed by atoms with Gasteiger partial charge in [-0.1, -0.05) is 54.3 Å². The molecule has 3 nitrogen and oxygen atoms in total. The summed E-state index contributed by atoms with van der Waals surface area (Å²) in [5.74, 6) is -0.650. The van der Waals surface area contributed by atoms with Crippen molar-refractivity contribution < 1.29 is 39.5 Å². The summed E-state index contributed by atoms with van der Waals surface area (Å²) in [6, 6.07) is 22.7. The van der Waals surface area contributed by atoms with Gasteiger partial charge in [-0.3, -0.25) is 4.79 Å². The Hall–Kier alpha value is -2.33. The fraction of sp³-hybridized carbons (Fsp3) is 0.0455. The smallest absolute Gasteiger partial charge is 0.872 e. The molecule has 0 atom stereocenters. The van der Waals surface area contributed by atoms with E-state index in [9.17, 15) is 9.90 Å². The third-order valence-corrected chi connectivity index (χ3v) is 4.44. The molecule has 4 heteroatoms. The minimum Gasteiger partial charge on any atom is -0.872 e. The van der Waals surface area contributed by atoms with Gasteiger partial charge in [0.25, 0.3) is 5.91 Å². The molecule has 0 aromatic heterocycles. The Kier molecular flexibility index (Phi) is 5.33. The number of amides is 1. The predicted octanol–water partition coefficient (Wildman–Crippen LogP) is 1.63. The van der Waals surface area contributed by atoms with Gasteiger partial charge in [0.2, 0.25) is 0 Å². The Labute approximate surface area is 174 Å². The standard InChI is InChI=1S/C22H17NO2.Na/c1-14-6-2-5-9-20(14)23-22(25)19-12-17-10-15-7-3-4-8-16(15)11-18(17)13-21(19)24;/h2-13,24H,1H3,(H,23,25);/q;+1/p-1. The molecule has 0 fully saturated rings. The summed E-state index contributed by atoms with van der Waals surface area (Å²) in [6.07, 6.45) is 0. The van der Waals surface area contributed by atoms with Crippen LogP contribution < -0.4 is 40.0 Å². The summed E-state index contributed by atoms with van der Waals surface area (Å²) in [5, 5.41) is 19.1. The molecule has 122 valence electrons. The van der Waals surface area contributed by atoms with E-state index in [0.29, 0.717) is 5.69 Å². The van der Waals surface area contributed by atoms with Crippen LogP contribution in [-0.4, -0.2) is 5.91 Å². The van der Waals surface area contributed by atoms with E-state index in [1.54, 1.807) is 6.07 Å². The zero-order chi connectivity index (χ0) is 17.4. The van der Waals surface area contributed by atoms with Crippen molar-refractivity contribution in [3.8, 4) is 5.75 Å². The largest absolute Gasteiger partial charge is 1.00 e. The maximum Gasteiger partial charge on any atom is 1.00 e. The Morgan fingerprint density at radius 3 is 2.04 bits per heavy atom. The van der Waals surface area contributed by atoms with Crippen LogP contribution in [0.1, 0.15) is 15.9 Å². The first kappa shape index (κ1) is 18.5. The number of benzene rings is 4. The van der Waals surface area contributed by atoms with Crippen molar-refractivity contribution in [3.05, 3.63) is 83.9 Å². The molecule has 0 aliphatic rings. The first-order valence-corrected chi connectivity index (χ1v) is 8.12. The summed E-state index contributed by atoms with van der Waals surface area (Å²) in [4.78, 5) is 12.6. The van der Waals surface area contributed by atoms with E-state index < -0.39 is 0 Å². The van der Waals surface area contributed by atoms with Crippen molar-refractivity contribution in [3.63, 3.8) is 0 Å². The molecule has 0 bridgehead atoms. The summed E-state index contributed by atoms with van der Waals surface area (Å²) in [5.41, 5.74) is 1.83. The third-order valence-electron chi connectivity index (χ3n) is 4.44. The molecule has 0 unspecified atom stereocenters. The van der Waals surface area contributed by atoms with Gasteiger partial charge >= 0.3 is 29.6 Å². The average Bonchev–Trinajstić information content (AvgIpc) is 2.61. The Morgan fingerprint density at radius 2 is 1.38 bits per heavy atom. The number of para-hydroxylation sites is 1. The zero-order valence-electron chi connectivity index (χ0n) is 14.7. The van der Waals surface area contributed by atoms with Gasteiger partial charge in [-0.15, -0.1) is 0 Å².